The van der Waals surface area contributed by atoms with Crippen molar-refractivity contribution in [1.29, 1.82) is 0 Å². The maximum absolute atomic E-state index is 4.24. The number of hydrogen-bond acceptors (Lipinski definition) is 1. The number of nitrogens with zero attached hydrogens (tertiary/aromatic N) is 2. The SMILES string of the molecule is CC.CCc1cnn(CC(C)C)c1. The molecule has 0 spiro atoms. The van der Waals surface area contributed by atoms with Gasteiger partial charge in [0.25, 0.3) is 0 Å². The van der Waals surface area contributed by atoms with E-state index in [2.05, 4.69) is 32.1 Å². The molecule has 0 saturated heterocycles. The van der Waals surface area contributed by atoms with E-state index in [0.717, 1.165) is 13.0 Å². The summed E-state index contributed by atoms with van der Waals surface area (Å²) in [6.07, 6.45) is 5.15. The van der Waals surface area contributed by atoms with Gasteiger partial charge in [0.15, 0.2) is 0 Å². The van der Waals surface area contributed by atoms with E-state index in [0.29, 0.717) is 5.92 Å². The van der Waals surface area contributed by atoms with E-state index in [4.69, 9.17) is 0 Å². The first kappa shape index (κ1) is 12.2. The van der Waals surface area contributed by atoms with E-state index in [9.17, 15) is 0 Å². The lowest BCUT2D eigenvalue weighted by Crippen LogP contribution is -2.04. The lowest BCUT2D eigenvalue weighted by atomic mass is 10.2. The van der Waals surface area contributed by atoms with Gasteiger partial charge in [-0.3, -0.25) is 4.68 Å². The maximum Gasteiger partial charge on any atom is 0.0521 e. The van der Waals surface area contributed by atoms with Crippen LogP contribution in [-0.4, -0.2) is 9.78 Å². The molecule has 76 valence electrons. The zero-order valence-electron chi connectivity index (χ0n) is 9.54. The van der Waals surface area contributed by atoms with Gasteiger partial charge in [0.1, 0.15) is 0 Å². The zero-order valence-corrected chi connectivity index (χ0v) is 9.54. The van der Waals surface area contributed by atoms with Crippen LogP contribution in [0.2, 0.25) is 0 Å². The third kappa shape index (κ3) is 4.71. The van der Waals surface area contributed by atoms with Crippen molar-refractivity contribution in [2.75, 3.05) is 0 Å². The zero-order chi connectivity index (χ0) is 10.3. The molecule has 0 saturated carbocycles. The lowest BCUT2D eigenvalue weighted by molar-refractivity contribution is 0.483. The first-order valence-electron chi connectivity index (χ1n) is 5.23. The van der Waals surface area contributed by atoms with Crippen LogP contribution in [0.3, 0.4) is 0 Å². The van der Waals surface area contributed by atoms with Gasteiger partial charge >= 0.3 is 0 Å². The molecule has 1 rings (SSSR count). The van der Waals surface area contributed by atoms with E-state index in [1.54, 1.807) is 0 Å². The Balaban J connectivity index is 0.000000671. The molecular weight excluding hydrogens is 160 g/mol. The second-order valence-corrected chi connectivity index (χ2v) is 3.32. The quantitative estimate of drug-likeness (QED) is 0.702. The summed E-state index contributed by atoms with van der Waals surface area (Å²) in [5.74, 6) is 0.680. The summed E-state index contributed by atoms with van der Waals surface area (Å²) in [6, 6.07) is 0. The molecular formula is C11H22N2. The van der Waals surface area contributed by atoms with E-state index >= 15 is 0 Å². The number of aromatic nitrogens is 2. The van der Waals surface area contributed by atoms with Crippen LogP contribution < -0.4 is 0 Å². The Kier molecular flexibility index (Phi) is 6.29. The van der Waals surface area contributed by atoms with Gasteiger partial charge < -0.3 is 0 Å². The van der Waals surface area contributed by atoms with Crippen molar-refractivity contribution in [2.24, 2.45) is 5.92 Å². The molecule has 0 bridgehead atoms. The largest absolute Gasteiger partial charge is 0.272 e. The molecule has 2 heteroatoms. The van der Waals surface area contributed by atoms with Crippen LogP contribution in [0.4, 0.5) is 0 Å². The molecule has 0 unspecified atom stereocenters. The van der Waals surface area contributed by atoms with Gasteiger partial charge in [0, 0.05) is 12.7 Å². The molecule has 13 heavy (non-hydrogen) atoms. The molecule has 1 aromatic heterocycles. The molecule has 2 nitrogen and oxygen atoms in total. The predicted molar refractivity (Wildman–Crippen MR) is 57.8 cm³/mol. The molecule has 0 aromatic carbocycles. The molecule has 0 aliphatic rings. The number of hydrogen-bond donors (Lipinski definition) is 0. The summed E-state index contributed by atoms with van der Waals surface area (Å²) < 4.78 is 2.02. The van der Waals surface area contributed by atoms with Crippen LogP contribution in [0.15, 0.2) is 12.4 Å². The Bertz CT molecular complexity index is 214. The summed E-state index contributed by atoms with van der Waals surface area (Å²) in [6.45, 7) is 11.6. The standard InChI is InChI=1S/C9H16N2.C2H6/c1-4-9-5-10-11(7-9)6-8(2)3;1-2/h5,7-8H,4,6H2,1-3H3;1-2H3. The van der Waals surface area contributed by atoms with Gasteiger partial charge in [0.2, 0.25) is 0 Å². The Labute approximate surface area is 82.0 Å². The molecule has 1 heterocycles. The highest BCUT2D eigenvalue weighted by Crippen LogP contribution is 2.01. The van der Waals surface area contributed by atoms with Crippen LogP contribution >= 0.6 is 0 Å². The van der Waals surface area contributed by atoms with Crippen molar-refractivity contribution >= 4 is 0 Å². The first-order valence-corrected chi connectivity index (χ1v) is 5.23. The fourth-order valence-electron chi connectivity index (χ4n) is 1.06. The Morgan fingerprint density at radius 3 is 2.38 bits per heavy atom. The van der Waals surface area contributed by atoms with E-state index in [1.165, 1.54) is 5.56 Å². The topological polar surface area (TPSA) is 17.8 Å². The lowest BCUT2D eigenvalue weighted by Gasteiger charge is -2.02. The Morgan fingerprint density at radius 1 is 1.38 bits per heavy atom. The summed E-state index contributed by atoms with van der Waals surface area (Å²) in [7, 11) is 0. The average Bonchev–Trinajstić information content (AvgIpc) is 2.55. The highest BCUT2D eigenvalue weighted by Gasteiger charge is 1.97. The molecule has 0 aliphatic carbocycles. The van der Waals surface area contributed by atoms with Crippen molar-refractivity contribution < 1.29 is 0 Å². The van der Waals surface area contributed by atoms with Crippen molar-refractivity contribution in [3.63, 3.8) is 0 Å². The molecule has 0 atom stereocenters. The minimum Gasteiger partial charge on any atom is -0.272 e. The van der Waals surface area contributed by atoms with Crippen LogP contribution in [-0.2, 0) is 13.0 Å². The Morgan fingerprint density at radius 2 is 2.00 bits per heavy atom. The third-order valence-corrected chi connectivity index (χ3v) is 1.65. The van der Waals surface area contributed by atoms with Crippen LogP contribution in [0.25, 0.3) is 0 Å². The van der Waals surface area contributed by atoms with Crippen LogP contribution in [0.5, 0.6) is 0 Å². The van der Waals surface area contributed by atoms with Crippen molar-refractivity contribution in [3.05, 3.63) is 18.0 Å². The van der Waals surface area contributed by atoms with Crippen LogP contribution in [0.1, 0.15) is 40.2 Å². The third-order valence-electron chi connectivity index (χ3n) is 1.65. The summed E-state index contributed by atoms with van der Waals surface area (Å²) in [5.41, 5.74) is 1.32. The number of rotatable bonds is 3. The maximum atomic E-state index is 4.24. The molecule has 0 fully saturated rings. The summed E-state index contributed by atoms with van der Waals surface area (Å²) in [5, 5.41) is 4.24. The van der Waals surface area contributed by atoms with Crippen molar-refractivity contribution in [1.82, 2.24) is 9.78 Å². The van der Waals surface area contributed by atoms with Gasteiger partial charge in [-0.1, -0.05) is 34.6 Å². The second kappa shape index (κ2) is 6.70. The first-order chi connectivity index (χ1) is 6.22. The van der Waals surface area contributed by atoms with E-state index in [1.807, 2.05) is 24.7 Å². The normalized spacial score (nSPS) is 9.69. The van der Waals surface area contributed by atoms with Crippen molar-refractivity contribution in [2.45, 2.75) is 47.6 Å². The van der Waals surface area contributed by atoms with Gasteiger partial charge in [0.05, 0.1) is 6.20 Å². The number of aryl methyl sites for hydroxylation is 1. The fourth-order valence-corrected chi connectivity index (χ4v) is 1.06. The minimum absolute atomic E-state index is 0.680. The highest BCUT2D eigenvalue weighted by molar-refractivity contribution is 5.02. The van der Waals surface area contributed by atoms with E-state index in [-0.39, 0.29) is 0 Å². The molecule has 0 N–H and O–H groups in total. The Hall–Kier alpha value is -0.790. The summed E-state index contributed by atoms with van der Waals surface area (Å²) >= 11 is 0. The van der Waals surface area contributed by atoms with Gasteiger partial charge in [-0.25, -0.2) is 0 Å². The second-order valence-electron chi connectivity index (χ2n) is 3.32. The highest BCUT2D eigenvalue weighted by atomic mass is 15.3. The molecule has 1 aromatic rings. The monoisotopic (exact) mass is 182 g/mol. The molecule has 0 amide bonds. The smallest absolute Gasteiger partial charge is 0.0521 e. The predicted octanol–water partition coefficient (Wildman–Crippen LogP) is 3.13. The average molecular weight is 182 g/mol. The molecule has 0 radical (unpaired) electrons. The van der Waals surface area contributed by atoms with Crippen LogP contribution in [0, 0.1) is 5.92 Å². The fraction of sp³-hybridized carbons (Fsp3) is 0.727. The molecule has 0 aliphatic heterocycles. The van der Waals surface area contributed by atoms with Gasteiger partial charge in [-0.2, -0.15) is 5.10 Å². The minimum atomic E-state index is 0.680. The van der Waals surface area contributed by atoms with Gasteiger partial charge in [-0.15, -0.1) is 0 Å². The summed E-state index contributed by atoms with van der Waals surface area (Å²) in [4.78, 5) is 0. The van der Waals surface area contributed by atoms with Crippen molar-refractivity contribution in [3.8, 4) is 0 Å². The van der Waals surface area contributed by atoms with E-state index < -0.39 is 0 Å². The van der Waals surface area contributed by atoms with Gasteiger partial charge in [-0.05, 0) is 17.9 Å².